The maximum Gasteiger partial charge on any atom is 0.526 e. The average Bonchev–Trinajstić information content (AvgIpc) is 2.53. The molecule has 24 heavy (non-hydrogen) atoms. The Kier molecular flexibility index (Phi) is 5.82. The van der Waals surface area contributed by atoms with E-state index in [2.05, 4.69) is 0 Å². The van der Waals surface area contributed by atoms with Crippen LogP contribution in [0, 0.1) is 0 Å². The summed E-state index contributed by atoms with van der Waals surface area (Å²) < 4.78 is 28.4. The Hall–Kier alpha value is -1.67. The van der Waals surface area contributed by atoms with Crippen molar-refractivity contribution in [2.24, 2.45) is 0 Å². The van der Waals surface area contributed by atoms with Crippen LogP contribution in [0.3, 0.4) is 0 Å². The van der Waals surface area contributed by atoms with E-state index in [0.29, 0.717) is 17.7 Å². The quantitative estimate of drug-likeness (QED) is 0.589. The predicted molar refractivity (Wildman–Crippen MR) is 91.1 cm³/mol. The summed E-state index contributed by atoms with van der Waals surface area (Å²) in [5.41, 5.74) is 1.18. The molecule has 0 aliphatic carbocycles. The van der Waals surface area contributed by atoms with E-state index in [9.17, 15) is 23.0 Å². The van der Waals surface area contributed by atoms with Gasteiger partial charge in [0.25, 0.3) is 0 Å². The molecule has 1 aliphatic rings. The van der Waals surface area contributed by atoms with Crippen LogP contribution in [0.15, 0.2) is 18.2 Å². The summed E-state index contributed by atoms with van der Waals surface area (Å²) in [4.78, 5) is 23.6. The van der Waals surface area contributed by atoms with Crippen LogP contribution in [0.25, 0.3) is 0 Å². The lowest BCUT2D eigenvalue weighted by Crippen LogP contribution is -2.36. The second-order valence-electron chi connectivity index (χ2n) is 6.05. The lowest BCUT2D eigenvalue weighted by atomic mass is 9.64. The second-order valence-corrected chi connectivity index (χ2v) is 8.52. The fourth-order valence-electron chi connectivity index (χ4n) is 2.74. The van der Waals surface area contributed by atoms with Crippen LogP contribution >= 0.6 is 0 Å². The summed E-state index contributed by atoms with van der Waals surface area (Å²) in [7, 11) is -4.37. The maximum atomic E-state index is 12.0. The normalized spacial score (nSPS) is 17.1. The van der Waals surface area contributed by atoms with Gasteiger partial charge in [-0.1, -0.05) is 19.1 Å². The van der Waals surface area contributed by atoms with Crippen molar-refractivity contribution < 1.29 is 27.7 Å². The van der Waals surface area contributed by atoms with E-state index in [1.165, 1.54) is 6.92 Å². The molecule has 130 valence electrons. The van der Waals surface area contributed by atoms with Crippen LogP contribution in [0.4, 0.5) is 0 Å². The number of hydrogen-bond acceptors (Lipinski definition) is 6. The molecule has 2 rings (SSSR count). The van der Waals surface area contributed by atoms with Crippen molar-refractivity contribution in [3.8, 4) is 5.75 Å². The van der Waals surface area contributed by atoms with Gasteiger partial charge in [-0.15, -0.1) is 0 Å². The first kappa shape index (κ1) is 18.7. The number of ketones is 2. The third-order valence-corrected chi connectivity index (χ3v) is 5.93. The highest BCUT2D eigenvalue weighted by Gasteiger charge is 2.37. The molecule has 0 bridgehead atoms. The number of carbonyl (C=O) groups excluding carboxylic acids is 2. The molecule has 1 N–H and O–H groups in total. The first-order valence-corrected chi connectivity index (χ1v) is 9.75. The molecular weight excluding hydrogens is 331 g/mol. The lowest BCUT2D eigenvalue weighted by Gasteiger charge is -2.28. The highest BCUT2D eigenvalue weighted by molar-refractivity contribution is 7.91. The highest BCUT2D eigenvalue weighted by atomic mass is 32.2. The van der Waals surface area contributed by atoms with Crippen LogP contribution in [0.5, 0.6) is 5.75 Å². The molecule has 0 unspecified atom stereocenters. The molecule has 0 aromatic heterocycles. The molecule has 0 fully saturated rings. The zero-order valence-electron chi connectivity index (χ0n) is 13.8. The van der Waals surface area contributed by atoms with Crippen LogP contribution in [-0.4, -0.2) is 43.6 Å². The molecule has 0 amide bonds. The molecular formula is C16H21BO6S. The number of sulfone groups is 1. The van der Waals surface area contributed by atoms with Crippen molar-refractivity contribution >= 4 is 28.5 Å². The van der Waals surface area contributed by atoms with Gasteiger partial charge in [0.2, 0.25) is 0 Å². The largest absolute Gasteiger partial charge is 0.535 e. The molecule has 0 spiro atoms. The first-order chi connectivity index (χ1) is 11.2. The Morgan fingerprint density at radius 2 is 2.08 bits per heavy atom. The number of rotatable bonds is 7. The Morgan fingerprint density at radius 3 is 2.71 bits per heavy atom. The van der Waals surface area contributed by atoms with Crippen LogP contribution in [0.1, 0.15) is 42.6 Å². The number of para-hydroxylation sites is 1. The van der Waals surface area contributed by atoms with E-state index in [1.54, 1.807) is 25.1 Å². The first-order valence-electron chi connectivity index (χ1n) is 7.93. The molecule has 6 nitrogen and oxygen atoms in total. The topological polar surface area (TPSA) is 97.7 Å². The van der Waals surface area contributed by atoms with E-state index >= 15 is 0 Å². The van der Waals surface area contributed by atoms with E-state index in [-0.39, 0.29) is 35.9 Å². The monoisotopic (exact) mass is 352 g/mol. The van der Waals surface area contributed by atoms with Crippen molar-refractivity contribution in [1.82, 2.24) is 0 Å². The van der Waals surface area contributed by atoms with Gasteiger partial charge in [-0.2, -0.15) is 0 Å². The van der Waals surface area contributed by atoms with Gasteiger partial charge in [0, 0.05) is 24.4 Å². The molecule has 1 aromatic rings. The van der Waals surface area contributed by atoms with E-state index in [1.807, 2.05) is 0 Å². The summed E-state index contributed by atoms with van der Waals surface area (Å²) in [6, 6.07) is 5.17. The van der Waals surface area contributed by atoms with Crippen molar-refractivity contribution in [1.29, 1.82) is 0 Å². The van der Waals surface area contributed by atoms with Gasteiger partial charge < -0.3 is 9.68 Å². The molecule has 0 saturated carbocycles. The van der Waals surface area contributed by atoms with Crippen LogP contribution in [0.2, 0.25) is 5.82 Å². The van der Waals surface area contributed by atoms with Crippen molar-refractivity contribution in [3.05, 3.63) is 29.3 Å². The molecule has 1 aliphatic heterocycles. The van der Waals surface area contributed by atoms with Gasteiger partial charge in [-0.25, -0.2) is 8.42 Å². The number of carbonyl (C=O) groups is 2. The third-order valence-electron chi connectivity index (χ3n) is 4.22. The summed E-state index contributed by atoms with van der Waals surface area (Å²) in [6.45, 7) is 2.97. The zero-order chi connectivity index (χ0) is 17.9. The summed E-state index contributed by atoms with van der Waals surface area (Å²) >= 11 is 0. The standard InChI is InChI=1S/C16H21BO6S/c1-3-24(21,22)8-7-14(19)10-13-9-12-5-4-6-15(11(2)18)16(12)23-17(13)20/h4-6,13,20H,3,7-10H2,1-2H3/t13-/m1/s1. The minimum Gasteiger partial charge on any atom is -0.535 e. The predicted octanol–water partition coefficient (Wildman–Crippen LogP) is 1.46. The molecule has 1 atom stereocenters. The van der Waals surface area contributed by atoms with Crippen molar-refractivity contribution in [2.75, 3.05) is 11.5 Å². The van der Waals surface area contributed by atoms with Gasteiger partial charge >= 0.3 is 7.12 Å². The lowest BCUT2D eigenvalue weighted by molar-refractivity contribution is -0.118. The van der Waals surface area contributed by atoms with Crippen molar-refractivity contribution in [2.45, 2.75) is 38.9 Å². The smallest absolute Gasteiger partial charge is 0.526 e. The molecule has 1 heterocycles. The Labute approximate surface area is 142 Å². The van der Waals surface area contributed by atoms with E-state index < -0.39 is 22.8 Å². The second kappa shape index (κ2) is 7.48. The average molecular weight is 352 g/mol. The summed E-state index contributed by atoms with van der Waals surface area (Å²) in [6.07, 6.45) is 0.397. The summed E-state index contributed by atoms with van der Waals surface area (Å²) in [5, 5.41) is 10.1. The number of Topliss-reactive ketones (excluding diaryl/α,β-unsaturated/α-hetero) is 2. The SMILES string of the molecule is CCS(=O)(=O)CCC(=O)C[C@H]1Cc2cccc(C(C)=O)c2OB1O. The van der Waals surface area contributed by atoms with E-state index in [4.69, 9.17) is 4.65 Å². The molecule has 8 heteroatoms. The van der Waals surface area contributed by atoms with Crippen LogP contribution in [-0.2, 0) is 21.1 Å². The molecule has 1 aromatic carbocycles. The van der Waals surface area contributed by atoms with Gasteiger partial charge in [-0.3, -0.25) is 9.59 Å². The Bertz CT molecular complexity index is 743. The highest BCUT2D eigenvalue weighted by Crippen LogP contribution is 2.36. The van der Waals surface area contributed by atoms with E-state index in [0.717, 1.165) is 5.56 Å². The fraction of sp³-hybridized carbons (Fsp3) is 0.500. The minimum atomic E-state index is -3.18. The minimum absolute atomic E-state index is 0.0106. The van der Waals surface area contributed by atoms with Gasteiger partial charge in [0.1, 0.15) is 21.4 Å². The fourth-order valence-corrected chi connectivity index (χ4v) is 3.57. The number of benzene rings is 1. The zero-order valence-corrected chi connectivity index (χ0v) is 14.6. The maximum absolute atomic E-state index is 12.0. The summed E-state index contributed by atoms with van der Waals surface area (Å²) in [5.74, 6) is -0.608. The Morgan fingerprint density at radius 1 is 1.38 bits per heavy atom. The number of fused-ring (bicyclic) bond motifs is 1. The number of hydrogen-bond donors (Lipinski definition) is 1. The molecule has 0 saturated heterocycles. The van der Waals surface area contributed by atoms with Crippen molar-refractivity contribution in [3.63, 3.8) is 0 Å². The molecule has 0 radical (unpaired) electrons. The van der Waals surface area contributed by atoms with Gasteiger partial charge in [0.05, 0.1) is 11.3 Å². The Balaban J connectivity index is 2.05. The van der Waals surface area contributed by atoms with Crippen LogP contribution < -0.4 is 4.65 Å². The van der Waals surface area contributed by atoms with Gasteiger partial charge in [0.15, 0.2) is 5.78 Å². The van der Waals surface area contributed by atoms with Gasteiger partial charge in [-0.05, 0) is 25.0 Å². The third kappa shape index (κ3) is 4.45.